The van der Waals surface area contributed by atoms with Crippen LogP contribution < -0.4 is 5.32 Å². The molecule has 3 heterocycles. The van der Waals surface area contributed by atoms with Gasteiger partial charge in [-0.3, -0.25) is 14.2 Å². The Bertz CT molecular complexity index is 872. The Kier molecular flexibility index (Phi) is 4.24. The number of furan rings is 1. The molecule has 0 aromatic carbocycles. The van der Waals surface area contributed by atoms with E-state index in [1.165, 1.54) is 0 Å². The summed E-state index contributed by atoms with van der Waals surface area (Å²) in [5, 5.41) is 11.4. The number of hydrogen-bond acceptors (Lipinski definition) is 4. The molecule has 1 N–H and O–H groups in total. The maximum atomic E-state index is 12.3. The molecule has 0 atom stereocenters. The van der Waals surface area contributed by atoms with E-state index in [1.54, 1.807) is 18.3 Å². The molecule has 0 radical (unpaired) electrons. The molecule has 3 rings (SSSR count). The highest BCUT2D eigenvalue weighted by molar-refractivity contribution is 6.02. The van der Waals surface area contributed by atoms with Gasteiger partial charge in [-0.15, -0.1) is 0 Å². The van der Waals surface area contributed by atoms with Crippen LogP contribution in [0.15, 0.2) is 28.8 Å². The van der Waals surface area contributed by atoms with Crippen molar-refractivity contribution in [2.24, 2.45) is 0 Å². The topological polar surface area (TPSA) is 77.9 Å². The predicted molar refractivity (Wildman–Crippen MR) is 90.1 cm³/mol. The Morgan fingerprint density at radius 2 is 2.04 bits per heavy atom. The molecule has 7 nitrogen and oxygen atoms in total. The fraction of sp³-hybridized carbons (Fsp3) is 0.353. The normalized spacial score (nSPS) is 11.0. The average Bonchev–Trinajstić information content (AvgIpc) is 3.22. The van der Waals surface area contributed by atoms with Crippen LogP contribution >= 0.6 is 0 Å². The average molecular weight is 327 g/mol. The number of carbonyl (C=O) groups is 1. The van der Waals surface area contributed by atoms with E-state index >= 15 is 0 Å². The maximum absolute atomic E-state index is 12.3. The van der Waals surface area contributed by atoms with Crippen LogP contribution in [0, 0.1) is 20.8 Å². The molecule has 0 saturated carbocycles. The highest BCUT2D eigenvalue weighted by atomic mass is 16.4. The number of nitrogens with one attached hydrogen (secondary N) is 1. The smallest absolute Gasteiger partial charge is 0.291 e. The van der Waals surface area contributed by atoms with Crippen LogP contribution in [0.1, 0.15) is 40.3 Å². The Hall–Kier alpha value is -2.83. The van der Waals surface area contributed by atoms with Crippen molar-refractivity contribution in [2.75, 3.05) is 5.32 Å². The largest absolute Gasteiger partial charge is 0.454 e. The standard InChI is InChI=1S/C17H21N5O2/c1-5-21-13(4)15(9-18-21)19-17(23)16-7-6-14(24-16)10-22-12(3)8-11(2)20-22/h6-9H,5,10H2,1-4H3,(H,19,23). The molecule has 3 aromatic heterocycles. The summed E-state index contributed by atoms with van der Waals surface area (Å²) in [4.78, 5) is 12.3. The van der Waals surface area contributed by atoms with E-state index < -0.39 is 0 Å². The lowest BCUT2D eigenvalue weighted by atomic mass is 10.3. The van der Waals surface area contributed by atoms with Crippen molar-refractivity contribution in [1.82, 2.24) is 19.6 Å². The zero-order chi connectivity index (χ0) is 17.3. The molecule has 0 aliphatic carbocycles. The van der Waals surface area contributed by atoms with Crippen molar-refractivity contribution in [2.45, 2.75) is 40.8 Å². The number of aromatic nitrogens is 4. The van der Waals surface area contributed by atoms with Gasteiger partial charge in [-0.1, -0.05) is 0 Å². The Labute approximate surface area is 140 Å². The Morgan fingerprint density at radius 3 is 2.67 bits per heavy atom. The Morgan fingerprint density at radius 1 is 1.25 bits per heavy atom. The van der Waals surface area contributed by atoms with Gasteiger partial charge < -0.3 is 9.73 Å². The van der Waals surface area contributed by atoms with Gasteiger partial charge in [0.2, 0.25) is 0 Å². The van der Waals surface area contributed by atoms with Gasteiger partial charge in [0.05, 0.1) is 29.8 Å². The van der Waals surface area contributed by atoms with Gasteiger partial charge in [-0.05, 0) is 45.9 Å². The third kappa shape index (κ3) is 3.10. The van der Waals surface area contributed by atoms with Gasteiger partial charge in [-0.2, -0.15) is 10.2 Å². The second-order valence-corrected chi connectivity index (χ2v) is 5.76. The van der Waals surface area contributed by atoms with E-state index in [9.17, 15) is 4.79 Å². The number of aryl methyl sites for hydroxylation is 3. The molecule has 0 aliphatic rings. The zero-order valence-electron chi connectivity index (χ0n) is 14.3. The van der Waals surface area contributed by atoms with Crippen LogP contribution in [-0.4, -0.2) is 25.5 Å². The van der Waals surface area contributed by atoms with Crippen molar-refractivity contribution in [1.29, 1.82) is 0 Å². The van der Waals surface area contributed by atoms with Gasteiger partial charge in [0.25, 0.3) is 5.91 Å². The van der Waals surface area contributed by atoms with Gasteiger partial charge in [0, 0.05) is 12.2 Å². The number of hydrogen-bond donors (Lipinski definition) is 1. The molecule has 126 valence electrons. The molecule has 0 unspecified atom stereocenters. The van der Waals surface area contributed by atoms with Gasteiger partial charge in [0.15, 0.2) is 5.76 Å². The van der Waals surface area contributed by atoms with Crippen LogP contribution in [0.3, 0.4) is 0 Å². The minimum absolute atomic E-state index is 0.273. The fourth-order valence-electron chi connectivity index (χ4n) is 2.64. The first kappa shape index (κ1) is 16.0. The van der Waals surface area contributed by atoms with Gasteiger partial charge >= 0.3 is 0 Å². The van der Waals surface area contributed by atoms with Crippen molar-refractivity contribution in [3.05, 3.63) is 53.0 Å². The van der Waals surface area contributed by atoms with Gasteiger partial charge in [0.1, 0.15) is 5.76 Å². The molecule has 7 heteroatoms. The molecule has 24 heavy (non-hydrogen) atoms. The van der Waals surface area contributed by atoms with E-state index in [-0.39, 0.29) is 11.7 Å². The first-order valence-electron chi connectivity index (χ1n) is 7.91. The summed E-state index contributed by atoms with van der Waals surface area (Å²) >= 11 is 0. The molecule has 0 aliphatic heterocycles. The maximum Gasteiger partial charge on any atom is 0.291 e. The van der Waals surface area contributed by atoms with Crippen molar-refractivity contribution in [3.63, 3.8) is 0 Å². The van der Waals surface area contributed by atoms with Crippen LogP contribution in [0.4, 0.5) is 5.69 Å². The summed E-state index contributed by atoms with van der Waals surface area (Å²) in [6.45, 7) is 9.12. The monoisotopic (exact) mass is 327 g/mol. The molecular formula is C17H21N5O2. The number of rotatable bonds is 5. The van der Waals surface area contributed by atoms with Crippen molar-refractivity contribution in [3.8, 4) is 0 Å². The van der Waals surface area contributed by atoms with Crippen LogP contribution in [0.2, 0.25) is 0 Å². The summed E-state index contributed by atoms with van der Waals surface area (Å²) < 4.78 is 9.34. The van der Waals surface area contributed by atoms with E-state index in [4.69, 9.17) is 4.42 Å². The summed E-state index contributed by atoms with van der Waals surface area (Å²) in [6.07, 6.45) is 1.65. The summed E-state index contributed by atoms with van der Waals surface area (Å²) in [5.41, 5.74) is 3.62. The first-order chi connectivity index (χ1) is 11.5. The number of carbonyl (C=O) groups excluding carboxylic acids is 1. The second kappa shape index (κ2) is 6.35. The lowest BCUT2D eigenvalue weighted by molar-refractivity contribution is 0.0994. The lowest BCUT2D eigenvalue weighted by Crippen LogP contribution is -2.12. The minimum atomic E-state index is -0.284. The summed E-state index contributed by atoms with van der Waals surface area (Å²) in [6, 6.07) is 5.48. The number of anilines is 1. The van der Waals surface area contributed by atoms with E-state index in [0.29, 0.717) is 18.0 Å². The molecule has 0 fully saturated rings. The van der Waals surface area contributed by atoms with Crippen LogP contribution in [0.5, 0.6) is 0 Å². The van der Waals surface area contributed by atoms with Gasteiger partial charge in [-0.25, -0.2) is 0 Å². The van der Waals surface area contributed by atoms with E-state index in [0.717, 1.165) is 23.6 Å². The van der Waals surface area contributed by atoms with Crippen LogP contribution in [-0.2, 0) is 13.1 Å². The van der Waals surface area contributed by atoms with Crippen molar-refractivity contribution < 1.29 is 9.21 Å². The second-order valence-electron chi connectivity index (χ2n) is 5.76. The summed E-state index contributed by atoms with van der Waals surface area (Å²) in [5.74, 6) is 0.677. The molecular weight excluding hydrogens is 306 g/mol. The molecule has 1 amide bonds. The Balaban J connectivity index is 1.71. The minimum Gasteiger partial charge on any atom is -0.454 e. The zero-order valence-corrected chi connectivity index (χ0v) is 14.3. The number of nitrogens with zero attached hydrogens (tertiary/aromatic N) is 4. The SMILES string of the molecule is CCn1ncc(NC(=O)c2ccc(Cn3nc(C)cc3C)o2)c1C. The molecule has 0 spiro atoms. The molecule has 0 saturated heterocycles. The third-order valence-corrected chi connectivity index (χ3v) is 3.95. The summed E-state index contributed by atoms with van der Waals surface area (Å²) in [7, 11) is 0. The van der Waals surface area contributed by atoms with E-state index in [2.05, 4.69) is 15.5 Å². The molecule has 0 bridgehead atoms. The molecule has 3 aromatic rings. The first-order valence-corrected chi connectivity index (χ1v) is 7.91. The number of amides is 1. The highest BCUT2D eigenvalue weighted by Gasteiger charge is 2.15. The van der Waals surface area contributed by atoms with E-state index in [1.807, 2.05) is 43.1 Å². The highest BCUT2D eigenvalue weighted by Crippen LogP contribution is 2.17. The lowest BCUT2D eigenvalue weighted by Gasteiger charge is -2.04. The third-order valence-electron chi connectivity index (χ3n) is 3.95. The van der Waals surface area contributed by atoms with Crippen molar-refractivity contribution >= 4 is 11.6 Å². The fourth-order valence-corrected chi connectivity index (χ4v) is 2.64. The predicted octanol–water partition coefficient (Wildman–Crippen LogP) is 2.92. The van der Waals surface area contributed by atoms with Crippen LogP contribution in [0.25, 0.3) is 0 Å². The quantitative estimate of drug-likeness (QED) is 0.781.